The molecule has 0 amide bonds. The van der Waals surface area contributed by atoms with Gasteiger partial charge in [-0.15, -0.1) is 0 Å². The highest BCUT2D eigenvalue weighted by atomic mass is 16.4. The topological polar surface area (TPSA) is 96.4 Å². The van der Waals surface area contributed by atoms with Gasteiger partial charge in [-0.05, 0) is 30.2 Å². The molecule has 5 heteroatoms. The highest BCUT2D eigenvalue weighted by molar-refractivity contribution is 5.85. The Morgan fingerprint density at radius 3 is 2.94 bits per heavy atom. The molecule has 1 atom stereocenters. The van der Waals surface area contributed by atoms with Crippen molar-refractivity contribution in [3.05, 3.63) is 29.5 Å². The number of hydrogen-bond acceptors (Lipinski definition) is 4. The van der Waals surface area contributed by atoms with E-state index in [0.29, 0.717) is 23.4 Å². The minimum atomic E-state index is -1.02. The summed E-state index contributed by atoms with van der Waals surface area (Å²) in [5.74, 6) is -0.665. The van der Waals surface area contributed by atoms with E-state index >= 15 is 0 Å². The number of carbonyl (C=O) groups is 1. The molecule has 1 aromatic heterocycles. The number of rotatable bonds is 4. The van der Waals surface area contributed by atoms with Crippen molar-refractivity contribution < 1.29 is 15.0 Å². The fourth-order valence-corrected chi connectivity index (χ4v) is 1.28. The molecular weight excluding hydrogens is 208 g/mol. The normalized spacial score (nSPS) is 12.9. The molecule has 4 N–H and O–H groups in total. The molecule has 5 nitrogen and oxygen atoms in total. The van der Waals surface area contributed by atoms with Gasteiger partial charge in [0.15, 0.2) is 0 Å². The van der Waals surface area contributed by atoms with Crippen molar-refractivity contribution in [3.63, 3.8) is 0 Å². The molecule has 1 aromatic rings. The smallest absolute Gasteiger partial charge is 0.328 e. The summed E-state index contributed by atoms with van der Waals surface area (Å²) >= 11 is 0. The zero-order chi connectivity index (χ0) is 12.1. The van der Waals surface area contributed by atoms with Crippen LogP contribution >= 0.6 is 0 Å². The fourth-order valence-electron chi connectivity index (χ4n) is 1.28. The number of aliphatic hydroxyl groups excluding tert-OH is 1. The highest BCUT2D eigenvalue weighted by Crippen LogP contribution is 2.14. The van der Waals surface area contributed by atoms with E-state index in [0.717, 1.165) is 6.08 Å². The Kier molecular flexibility index (Phi) is 4.02. The maximum atomic E-state index is 10.3. The Balaban J connectivity index is 2.93. The standard InChI is InChI=1S/C11H14N2O3/c1-7(14)4-9-5-8(2-3-10(15)16)6-13-11(9)12/h2-3,5-7,14H,4H2,1H3,(H2,12,13)(H,15,16). The Morgan fingerprint density at radius 2 is 2.38 bits per heavy atom. The van der Waals surface area contributed by atoms with Crippen LogP contribution in [0.5, 0.6) is 0 Å². The third-order valence-corrected chi connectivity index (χ3v) is 1.96. The summed E-state index contributed by atoms with van der Waals surface area (Å²) in [4.78, 5) is 14.3. The van der Waals surface area contributed by atoms with Crippen LogP contribution in [0, 0.1) is 0 Å². The molecule has 0 saturated carbocycles. The lowest BCUT2D eigenvalue weighted by molar-refractivity contribution is -0.131. The first-order valence-electron chi connectivity index (χ1n) is 4.82. The molecule has 0 saturated heterocycles. The Morgan fingerprint density at radius 1 is 1.69 bits per heavy atom. The van der Waals surface area contributed by atoms with Crippen LogP contribution in [0.2, 0.25) is 0 Å². The van der Waals surface area contributed by atoms with Gasteiger partial charge in [-0.25, -0.2) is 9.78 Å². The summed E-state index contributed by atoms with van der Waals surface area (Å²) in [6, 6.07) is 1.72. The molecule has 86 valence electrons. The van der Waals surface area contributed by atoms with E-state index < -0.39 is 12.1 Å². The van der Waals surface area contributed by atoms with Gasteiger partial charge in [0.05, 0.1) is 6.10 Å². The van der Waals surface area contributed by atoms with Gasteiger partial charge >= 0.3 is 5.97 Å². The lowest BCUT2D eigenvalue weighted by atomic mass is 10.1. The molecule has 16 heavy (non-hydrogen) atoms. The monoisotopic (exact) mass is 222 g/mol. The summed E-state index contributed by atoms with van der Waals surface area (Å²) in [5, 5.41) is 17.7. The van der Waals surface area contributed by atoms with Gasteiger partial charge < -0.3 is 15.9 Å². The zero-order valence-electron chi connectivity index (χ0n) is 8.92. The number of aliphatic hydroxyl groups is 1. The molecule has 0 aromatic carbocycles. The fraction of sp³-hybridized carbons (Fsp3) is 0.273. The largest absolute Gasteiger partial charge is 0.478 e. The maximum Gasteiger partial charge on any atom is 0.328 e. The number of carboxylic acids is 1. The van der Waals surface area contributed by atoms with E-state index in [2.05, 4.69) is 4.98 Å². The van der Waals surface area contributed by atoms with Gasteiger partial charge in [-0.3, -0.25) is 0 Å². The summed E-state index contributed by atoms with van der Waals surface area (Å²) in [5.41, 5.74) is 6.99. The number of nitrogen functional groups attached to an aromatic ring is 1. The first kappa shape index (κ1) is 12.2. The predicted octanol–water partition coefficient (Wildman–Crippen LogP) is 0.685. The summed E-state index contributed by atoms with van der Waals surface area (Å²) in [6.07, 6.45) is 3.83. The average molecular weight is 222 g/mol. The van der Waals surface area contributed by atoms with E-state index in [9.17, 15) is 9.90 Å². The van der Waals surface area contributed by atoms with Crippen LogP contribution in [0.15, 0.2) is 18.3 Å². The number of aliphatic carboxylic acids is 1. The maximum absolute atomic E-state index is 10.3. The van der Waals surface area contributed by atoms with Crippen molar-refractivity contribution >= 4 is 17.9 Å². The highest BCUT2D eigenvalue weighted by Gasteiger charge is 2.05. The number of nitrogens with zero attached hydrogens (tertiary/aromatic N) is 1. The van der Waals surface area contributed by atoms with Crippen molar-refractivity contribution in [3.8, 4) is 0 Å². The van der Waals surface area contributed by atoms with Crippen LogP contribution in [0.3, 0.4) is 0 Å². The molecule has 0 aliphatic heterocycles. The number of hydrogen-bond donors (Lipinski definition) is 3. The van der Waals surface area contributed by atoms with Crippen LogP contribution in [0.1, 0.15) is 18.1 Å². The van der Waals surface area contributed by atoms with E-state index in [4.69, 9.17) is 10.8 Å². The average Bonchev–Trinajstić information content (AvgIpc) is 2.18. The van der Waals surface area contributed by atoms with E-state index in [1.807, 2.05) is 0 Å². The third-order valence-electron chi connectivity index (χ3n) is 1.96. The minimum Gasteiger partial charge on any atom is -0.478 e. The molecular formula is C11H14N2O3. The second kappa shape index (κ2) is 5.27. The molecule has 0 aliphatic carbocycles. The Hall–Kier alpha value is -1.88. The Bertz CT molecular complexity index is 414. The van der Waals surface area contributed by atoms with E-state index in [-0.39, 0.29) is 0 Å². The molecule has 0 fully saturated rings. The van der Waals surface area contributed by atoms with Crippen LogP contribution in [-0.4, -0.2) is 27.3 Å². The number of carboxylic acid groups (broad SMARTS) is 1. The van der Waals surface area contributed by atoms with Gasteiger partial charge in [-0.2, -0.15) is 0 Å². The molecule has 1 unspecified atom stereocenters. The van der Waals surface area contributed by atoms with E-state index in [1.165, 1.54) is 12.3 Å². The van der Waals surface area contributed by atoms with Crippen LogP contribution in [-0.2, 0) is 11.2 Å². The quantitative estimate of drug-likeness (QED) is 0.651. The van der Waals surface area contributed by atoms with Gasteiger partial charge in [0.1, 0.15) is 5.82 Å². The van der Waals surface area contributed by atoms with Gasteiger partial charge in [-0.1, -0.05) is 0 Å². The first-order chi connectivity index (χ1) is 7.49. The van der Waals surface area contributed by atoms with Crippen LogP contribution in [0.25, 0.3) is 6.08 Å². The van der Waals surface area contributed by atoms with Crippen molar-refractivity contribution in [2.24, 2.45) is 0 Å². The van der Waals surface area contributed by atoms with Crippen molar-refractivity contribution in [2.45, 2.75) is 19.4 Å². The summed E-state index contributed by atoms with van der Waals surface area (Å²) in [6.45, 7) is 1.65. The minimum absolute atomic E-state index is 0.355. The predicted molar refractivity (Wildman–Crippen MR) is 60.7 cm³/mol. The van der Waals surface area contributed by atoms with E-state index in [1.54, 1.807) is 13.0 Å². The summed E-state index contributed by atoms with van der Waals surface area (Å²) < 4.78 is 0. The number of pyridine rings is 1. The SMILES string of the molecule is CC(O)Cc1cc(C=CC(=O)O)cnc1N. The second-order valence-corrected chi connectivity index (χ2v) is 3.54. The third kappa shape index (κ3) is 3.70. The van der Waals surface area contributed by atoms with Crippen molar-refractivity contribution in [2.75, 3.05) is 5.73 Å². The van der Waals surface area contributed by atoms with Crippen molar-refractivity contribution in [1.29, 1.82) is 0 Å². The molecule has 0 spiro atoms. The molecule has 1 rings (SSSR count). The van der Waals surface area contributed by atoms with Crippen LogP contribution < -0.4 is 5.73 Å². The second-order valence-electron chi connectivity index (χ2n) is 3.54. The van der Waals surface area contributed by atoms with Gasteiger partial charge in [0, 0.05) is 18.7 Å². The van der Waals surface area contributed by atoms with Crippen LogP contribution in [0.4, 0.5) is 5.82 Å². The zero-order valence-corrected chi connectivity index (χ0v) is 8.92. The molecule has 1 heterocycles. The molecule has 0 radical (unpaired) electrons. The lowest BCUT2D eigenvalue weighted by Gasteiger charge is -2.07. The Labute approximate surface area is 93.2 Å². The number of aromatic nitrogens is 1. The first-order valence-corrected chi connectivity index (χ1v) is 4.82. The summed E-state index contributed by atoms with van der Waals surface area (Å²) in [7, 11) is 0. The molecule has 0 bridgehead atoms. The molecule has 0 aliphatic rings. The lowest BCUT2D eigenvalue weighted by Crippen LogP contribution is -2.08. The number of nitrogens with two attached hydrogens (primary N) is 1. The number of anilines is 1. The van der Waals surface area contributed by atoms with Gasteiger partial charge in [0.2, 0.25) is 0 Å². The van der Waals surface area contributed by atoms with Crippen molar-refractivity contribution in [1.82, 2.24) is 4.98 Å². The van der Waals surface area contributed by atoms with Gasteiger partial charge in [0.25, 0.3) is 0 Å².